The van der Waals surface area contributed by atoms with Crippen LogP contribution < -0.4 is 4.90 Å². The highest BCUT2D eigenvalue weighted by Crippen LogP contribution is 2.25. The zero-order valence-corrected chi connectivity index (χ0v) is 16.9. The second-order valence-corrected chi connectivity index (χ2v) is 8.27. The number of halogens is 1. The number of nitrogens with zero attached hydrogens (tertiary/aromatic N) is 3. The van der Waals surface area contributed by atoms with E-state index in [0.29, 0.717) is 5.16 Å². The summed E-state index contributed by atoms with van der Waals surface area (Å²) in [5, 5.41) is 9.14. The normalized spacial score (nSPS) is 13.1. The van der Waals surface area contributed by atoms with Gasteiger partial charge in [-0.3, -0.25) is 9.36 Å². The SMILES string of the molecule is C[C@@H](c1nnc(SCC(=O)OC(C)(C)C)n1-c1ccc(F)cc1)[NH+](C)C. The molecule has 0 unspecified atom stereocenters. The number of esters is 1. The molecule has 1 atom stereocenters. The average Bonchev–Trinajstić information content (AvgIpc) is 2.95. The van der Waals surface area contributed by atoms with Crippen LogP contribution in [-0.4, -0.2) is 46.2 Å². The lowest BCUT2D eigenvalue weighted by molar-refractivity contribution is -0.890. The molecule has 1 N–H and O–H groups in total. The van der Waals surface area contributed by atoms with Crippen LogP contribution in [-0.2, 0) is 9.53 Å². The maximum absolute atomic E-state index is 13.3. The first kappa shape index (κ1) is 20.4. The molecule has 1 aromatic carbocycles. The molecule has 2 aromatic rings. The van der Waals surface area contributed by atoms with Crippen molar-refractivity contribution in [2.75, 3.05) is 19.8 Å². The smallest absolute Gasteiger partial charge is 0.316 e. The predicted molar refractivity (Wildman–Crippen MR) is 99.1 cm³/mol. The summed E-state index contributed by atoms with van der Waals surface area (Å²) in [6.07, 6.45) is 0. The second-order valence-electron chi connectivity index (χ2n) is 7.33. The van der Waals surface area contributed by atoms with Gasteiger partial charge in [0.1, 0.15) is 17.5 Å². The first-order chi connectivity index (χ1) is 12.1. The molecule has 1 heterocycles. The molecule has 1 aromatic heterocycles. The van der Waals surface area contributed by atoms with Crippen molar-refractivity contribution >= 4 is 17.7 Å². The minimum Gasteiger partial charge on any atom is -0.459 e. The van der Waals surface area contributed by atoms with Crippen molar-refractivity contribution in [3.05, 3.63) is 35.9 Å². The zero-order chi connectivity index (χ0) is 19.5. The van der Waals surface area contributed by atoms with Gasteiger partial charge in [0, 0.05) is 5.69 Å². The van der Waals surface area contributed by atoms with Gasteiger partial charge in [0.05, 0.1) is 19.8 Å². The van der Waals surface area contributed by atoms with Gasteiger partial charge in [-0.1, -0.05) is 11.8 Å². The first-order valence-corrected chi connectivity index (χ1v) is 9.43. The average molecular weight is 381 g/mol. The van der Waals surface area contributed by atoms with Gasteiger partial charge in [0.25, 0.3) is 0 Å². The van der Waals surface area contributed by atoms with E-state index in [1.807, 2.05) is 46.4 Å². The van der Waals surface area contributed by atoms with Crippen molar-refractivity contribution in [3.63, 3.8) is 0 Å². The number of quaternary nitrogens is 1. The zero-order valence-electron chi connectivity index (χ0n) is 16.0. The van der Waals surface area contributed by atoms with E-state index in [1.54, 1.807) is 12.1 Å². The summed E-state index contributed by atoms with van der Waals surface area (Å²) in [6.45, 7) is 7.53. The highest BCUT2D eigenvalue weighted by atomic mass is 32.2. The molecule has 2 rings (SSSR count). The number of hydrogen-bond donors (Lipinski definition) is 1. The maximum Gasteiger partial charge on any atom is 0.316 e. The number of thioether (sulfide) groups is 1. The molecule has 0 aliphatic carbocycles. The number of hydrogen-bond acceptors (Lipinski definition) is 5. The molecule has 0 saturated carbocycles. The first-order valence-electron chi connectivity index (χ1n) is 8.44. The summed E-state index contributed by atoms with van der Waals surface area (Å²) in [5.41, 5.74) is 0.224. The Labute approximate surface area is 157 Å². The minimum atomic E-state index is -0.532. The quantitative estimate of drug-likeness (QED) is 0.613. The molecule has 0 aliphatic rings. The molecule has 6 nitrogen and oxygen atoms in total. The largest absolute Gasteiger partial charge is 0.459 e. The van der Waals surface area contributed by atoms with Crippen LogP contribution in [0, 0.1) is 5.82 Å². The molecular formula is C18H26FN4O2S+. The molecule has 142 valence electrons. The number of ether oxygens (including phenoxy) is 1. The highest BCUT2D eigenvalue weighted by Gasteiger charge is 2.24. The third-order valence-corrected chi connectivity index (χ3v) is 4.64. The van der Waals surface area contributed by atoms with Gasteiger partial charge < -0.3 is 9.64 Å². The molecule has 0 aliphatic heterocycles. The lowest BCUT2D eigenvalue weighted by Crippen LogP contribution is -3.05. The summed E-state index contributed by atoms with van der Waals surface area (Å²) < 4.78 is 20.5. The lowest BCUT2D eigenvalue weighted by Gasteiger charge is -2.19. The molecule has 8 heteroatoms. The van der Waals surface area contributed by atoms with Gasteiger partial charge in [-0.25, -0.2) is 4.39 Å². The number of aromatic nitrogens is 3. The van der Waals surface area contributed by atoms with Crippen molar-refractivity contribution in [3.8, 4) is 5.69 Å². The fraction of sp³-hybridized carbons (Fsp3) is 0.500. The monoisotopic (exact) mass is 381 g/mol. The Bertz CT molecular complexity index is 754. The number of carbonyl (C=O) groups excluding carboxylic acids is 1. The molecule has 0 fully saturated rings. The second kappa shape index (κ2) is 8.18. The van der Waals surface area contributed by atoms with E-state index in [9.17, 15) is 9.18 Å². The van der Waals surface area contributed by atoms with Crippen LogP contribution in [0.5, 0.6) is 0 Å². The number of nitrogens with one attached hydrogen (secondary N) is 1. The van der Waals surface area contributed by atoms with Crippen LogP contribution >= 0.6 is 11.8 Å². The van der Waals surface area contributed by atoms with E-state index in [-0.39, 0.29) is 23.6 Å². The van der Waals surface area contributed by atoms with Crippen LogP contribution in [0.1, 0.15) is 39.6 Å². The van der Waals surface area contributed by atoms with Crippen molar-refractivity contribution in [2.45, 2.75) is 44.5 Å². The predicted octanol–water partition coefficient (Wildman–Crippen LogP) is 2.05. The number of benzene rings is 1. The topological polar surface area (TPSA) is 61.4 Å². The van der Waals surface area contributed by atoms with Crippen molar-refractivity contribution in [1.29, 1.82) is 0 Å². The molecule has 0 saturated heterocycles. The lowest BCUT2D eigenvalue weighted by atomic mass is 10.2. The van der Waals surface area contributed by atoms with Gasteiger partial charge >= 0.3 is 5.97 Å². The Kier molecular flexibility index (Phi) is 6.41. The maximum atomic E-state index is 13.3. The fourth-order valence-electron chi connectivity index (χ4n) is 2.24. The van der Waals surface area contributed by atoms with Crippen LogP contribution in [0.2, 0.25) is 0 Å². The van der Waals surface area contributed by atoms with E-state index in [1.165, 1.54) is 28.8 Å². The summed E-state index contributed by atoms with van der Waals surface area (Å²) in [6, 6.07) is 6.22. The van der Waals surface area contributed by atoms with E-state index in [2.05, 4.69) is 10.2 Å². The van der Waals surface area contributed by atoms with Gasteiger partial charge in [-0.05, 0) is 52.0 Å². The van der Waals surface area contributed by atoms with E-state index < -0.39 is 5.60 Å². The Morgan fingerprint density at radius 1 is 1.27 bits per heavy atom. The van der Waals surface area contributed by atoms with E-state index in [0.717, 1.165) is 11.5 Å². The molecule has 0 amide bonds. The summed E-state index contributed by atoms with van der Waals surface area (Å²) in [5.74, 6) is 0.254. The van der Waals surface area contributed by atoms with Gasteiger partial charge in [-0.15, -0.1) is 10.2 Å². The summed E-state index contributed by atoms with van der Waals surface area (Å²) >= 11 is 1.26. The van der Waals surface area contributed by atoms with Crippen LogP contribution in [0.4, 0.5) is 4.39 Å². The molecule has 0 radical (unpaired) electrons. The Morgan fingerprint density at radius 2 is 1.88 bits per heavy atom. The van der Waals surface area contributed by atoms with Crippen LogP contribution in [0.25, 0.3) is 5.69 Å². The Balaban J connectivity index is 2.31. The van der Waals surface area contributed by atoms with E-state index in [4.69, 9.17) is 4.74 Å². The molecule has 0 spiro atoms. The van der Waals surface area contributed by atoms with Crippen LogP contribution in [0.15, 0.2) is 29.4 Å². The van der Waals surface area contributed by atoms with Gasteiger partial charge in [-0.2, -0.15) is 0 Å². The van der Waals surface area contributed by atoms with Gasteiger partial charge in [0.2, 0.25) is 0 Å². The van der Waals surface area contributed by atoms with Crippen molar-refractivity contribution in [2.24, 2.45) is 0 Å². The van der Waals surface area contributed by atoms with Crippen LogP contribution in [0.3, 0.4) is 0 Å². The Morgan fingerprint density at radius 3 is 2.42 bits per heavy atom. The van der Waals surface area contributed by atoms with Crippen molar-refractivity contribution in [1.82, 2.24) is 14.8 Å². The molecule has 0 bridgehead atoms. The number of carbonyl (C=O) groups is 1. The van der Waals surface area contributed by atoms with Crippen molar-refractivity contribution < 1.29 is 18.8 Å². The minimum absolute atomic E-state index is 0.0726. The Hall–Kier alpha value is -1.93. The highest BCUT2D eigenvalue weighted by molar-refractivity contribution is 7.99. The standard InChI is InChI=1S/C18H25FN4O2S/c1-12(22(5)6)16-20-21-17(26-11-15(24)25-18(2,3)4)23(16)14-9-7-13(19)8-10-14/h7-10,12H,11H2,1-6H3/p+1/t12-/m0/s1. The van der Waals surface area contributed by atoms with Gasteiger partial charge in [0.15, 0.2) is 11.0 Å². The third kappa shape index (κ3) is 5.28. The van der Waals surface area contributed by atoms with E-state index >= 15 is 0 Å². The summed E-state index contributed by atoms with van der Waals surface area (Å²) in [7, 11) is 4.06. The number of rotatable bonds is 6. The summed E-state index contributed by atoms with van der Waals surface area (Å²) in [4.78, 5) is 13.2. The fourth-order valence-corrected chi connectivity index (χ4v) is 2.97. The third-order valence-electron chi connectivity index (χ3n) is 3.74. The molecule has 26 heavy (non-hydrogen) atoms. The molecular weight excluding hydrogens is 355 g/mol.